The van der Waals surface area contributed by atoms with Crippen molar-refractivity contribution in [1.29, 1.82) is 5.26 Å². The lowest BCUT2D eigenvalue weighted by molar-refractivity contribution is 1.41. The van der Waals surface area contributed by atoms with E-state index in [1.54, 1.807) is 6.20 Å². The van der Waals surface area contributed by atoms with Gasteiger partial charge in [0.1, 0.15) is 0 Å². The van der Waals surface area contributed by atoms with Gasteiger partial charge in [-0.2, -0.15) is 5.26 Å². The van der Waals surface area contributed by atoms with Gasteiger partial charge < -0.3 is 0 Å². The molecule has 13 heavy (non-hydrogen) atoms. The highest BCUT2D eigenvalue weighted by molar-refractivity contribution is 5.91. The molecule has 2 aromatic rings. The van der Waals surface area contributed by atoms with E-state index >= 15 is 0 Å². The van der Waals surface area contributed by atoms with Crippen molar-refractivity contribution in [1.82, 2.24) is 4.98 Å². The van der Waals surface area contributed by atoms with Crippen LogP contribution in [0.25, 0.3) is 10.9 Å². The van der Waals surface area contributed by atoms with Gasteiger partial charge >= 0.3 is 0 Å². The average molecular weight is 169 g/mol. The van der Waals surface area contributed by atoms with Crippen LogP contribution in [0.1, 0.15) is 0 Å². The van der Waals surface area contributed by atoms with Gasteiger partial charge in [0.25, 0.3) is 0 Å². The van der Waals surface area contributed by atoms with Gasteiger partial charge in [-0.1, -0.05) is 6.07 Å². The number of pyridine rings is 1. The molecule has 2 rings (SSSR count). The van der Waals surface area contributed by atoms with Crippen LogP contribution in [-0.2, 0) is 0 Å². The first-order chi connectivity index (χ1) is 6.42. The molecule has 0 unspecified atom stereocenters. The molecule has 0 amide bonds. The van der Waals surface area contributed by atoms with Gasteiger partial charge in [-0.25, -0.2) is 0 Å². The highest BCUT2D eigenvalue weighted by Gasteiger charge is 1.98. The fourth-order valence-corrected chi connectivity index (χ4v) is 1.27. The van der Waals surface area contributed by atoms with Crippen LogP contribution < -0.4 is 5.32 Å². The smallest absolute Gasteiger partial charge is 0.181 e. The number of fused-ring (bicyclic) bond motifs is 1. The molecule has 3 heteroatoms. The quantitative estimate of drug-likeness (QED) is 0.525. The maximum absolute atomic E-state index is 8.50. The third kappa shape index (κ3) is 1.30. The summed E-state index contributed by atoms with van der Waals surface area (Å²) in [6, 6.07) is 9.42. The first-order valence-electron chi connectivity index (χ1n) is 3.90. The summed E-state index contributed by atoms with van der Waals surface area (Å²) in [5.74, 6) is 0. The third-order valence-electron chi connectivity index (χ3n) is 1.84. The Bertz CT molecular complexity index is 466. The molecule has 0 saturated heterocycles. The van der Waals surface area contributed by atoms with E-state index in [2.05, 4.69) is 10.3 Å². The fourth-order valence-electron chi connectivity index (χ4n) is 1.27. The number of hydrogen-bond acceptors (Lipinski definition) is 3. The molecule has 0 aliphatic carbocycles. The molecular formula is C10H7N3. The maximum atomic E-state index is 8.50. The lowest BCUT2D eigenvalue weighted by Gasteiger charge is -2.01. The van der Waals surface area contributed by atoms with Crippen molar-refractivity contribution in [3.05, 3.63) is 36.5 Å². The van der Waals surface area contributed by atoms with E-state index in [-0.39, 0.29) is 0 Å². The van der Waals surface area contributed by atoms with Gasteiger partial charge in [0, 0.05) is 11.6 Å². The molecule has 0 spiro atoms. The molecule has 1 N–H and O–H groups in total. The van der Waals surface area contributed by atoms with Crippen molar-refractivity contribution in [2.24, 2.45) is 0 Å². The molecule has 1 aromatic heterocycles. The highest BCUT2D eigenvalue weighted by atomic mass is 14.9. The Balaban J connectivity index is 2.70. The largest absolute Gasteiger partial charge is 0.292 e. The normalized spacial score (nSPS) is 9.46. The van der Waals surface area contributed by atoms with Crippen LogP contribution in [0, 0.1) is 11.5 Å². The summed E-state index contributed by atoms with van der Waals surface area (Å²) in [7, 11) is 0. The van der Waals surface area contributed by atoms with Crippen molar-refractivity contribution < 1.29 is 0 Å². The van der Waals surface area contributed by atoms with Crippen LogP contribution in [0.3, 0.4) is 0 Å². The van der Waals surface area contributed by atoms with Crippen molar-refractivity contribution >= 4 is 16.6 Å². The van der Waals surface area contributed by atoms with Crippen molar-refractivity contribution in [3.8, 4) is 6.19 Å². The Labute approximate surface area is 75.6 Å². The second kappa shape index (κ2) is 3.11. The average Bonchev–Trinajstić information content (AvgIpc) is 2.19. The lowest BCUT2D eigenvalue weighted by Crippen LogP contribution is -1.88. The molecule has 0 radical (unpaired) electrons. The van der Waals surface area contributed by atoms with Crippen molar-refractivity contribution in [2.75, 3.05) is 5.32 Å². The SMILES string of the molecule is N#CNc1cccc2ncccc12. The summed E-state index contributed by atoms with van der Waals surface area (Å²) in [4.78, 5) is 4.17. The Hall–Kier alpha value is -2.08. The number of nitriles is 1. The molecule has 0 saturated carbocycles. The lowest BCUT2D eigenvalue weighted by atomic mass is 10.2. The Morgan fingerprint density at radius 2 is 2.15 bits per heavy atom. The van der Waals surface area contributed by atoms with Gasteiger partial charge in [0.2, 0.25) is 0 Å². The van der Waals surface area contributed by atoms with Gasteiger partial charge in [0.15, 0.2) is 6.19 Å². The number of anilines is 1. The number of rotatable bonds is 1. The van der Waals surface area contributed by atoms with Gasteiger partial charge in [-0.05, 0) is 24.3 Å². The molecule has 0 bridgehead atoms. The van der Waals surface area contributed by atoms with E-state index < -0.39 is 0 Å². The zero-order valence-electron chi connectivity index (χ0n) is 6.86. The highest BCUT2D eigenvalue weighted by Crippen LogP contribution is 2.20. The van der Waals surface area contributed by atoms with Crippen LogP contribution in [0.4, 0.5) is 5.69 Å². The summed E-state index contributed by atoms with van der Waals surface area (Å²) in [6.45, 7) is 0. The van der Waals surface area contributed by atoms with Crippen LogP contribution >= 0.6 is 0 Å². The Kier molecular flexibility index (Phi) is 1.81. The summed E-state index contributed by atoms with van der Waals surface area (Å²) in [5.41, 5.74) is 1.69. The number of benzene rings is 1. The van der Waals surface area contributed by atoms with Gasteiger partial charge in [0.05, 0.1) is 11.2 Å². The molecule has 1 heterocycles. The third-order valence-corrected chi connectivity index (χ3v) is 1.84. The summed E-state index contributed by atoms with van der Waals surface area (Å²) in [6.07, 6.45) is 3.63. The van der Waals surface area contributed by atoms with E-state index in [0.29, 0.717) is 0 Å². The first kappa shape index (κ1) is 7.56. The minimum absolute atomic E-state index is 0.799. The Morgan fingerprint density at radius 1 is 1.23 bits per heavy atom. The summed E-state index contributed by atoms with van der Waals surface area (Å²) < 4.78 is 0. The van der Waals surface area contributed by atoms with Crippen LogP contribution in [0.15, 0.2) is 36.5 Å². The van der Waals surface area contributed by atoms with E-state index in [0.717, 1.165) is 16.6 Å². The minimum atomic E-state index is 0.799. The molecule has 0 atom stereocenters. The maximum Gasteiger partial charge on any atom is 0.181 e. The molecule has 0 aliphatic heterocycles. The standard InChI is InChI=1S/C10H7N3/c11-7-13-10-5-1-4-9-8(10)3-2-6-12-9/h1-6,13H. The van der Waals surface area contributed by atoms with E-state index in [1.165, 1.54) is 0 Å². The number of nitrogens with zero attached hydrogens (tertiary/aromatic N) is 2. The molecule has 0 fully saturated rings. The zero-order valence-corrected chi connectivity index (χ0v) is 6.86. The molecule has 62 valence electrons. The second-order valence-electron chi connectivity index (χ2n) is 2.61. The monoisotopic (exact) mass is 169 g/mol. The zero-order chi connectivity index (χ0) is 9.10. The first-order valence-corrected chi connectivity index (χ1v) is 3.90. The van der Waals surface area contributed by atoms with E-state index in [9.17, 15) is 0 Å². The van der Waals surface area contributed by atoms with Gasteiger partial charge in [-0.15, -0.1) is 0 Å². The van der Waals surface area contributed by atoms with Gasteiger partial charge in [-0.3, -0.25) is 10.3 Å². The summed E-state index contributed by atoms with van der Waals surface area (Å²) in [5, 5.41) is 12.1. The molecular weight excluding hydrogens is 162 g/mol. The predicted molar refractivity (Wildman–Crippen MR) is 51.0 cm³/mol. The molecule has 1 aromatic carbocycles. The minimum Gasteiger partial charge on any atom is -0.292 e. The predicted octanol–water partition coefficient (Wildman–Crippen LogP) is 2.13. The number of nitrogens with one attached hydrogen (secondary N) is 1. The van der Waals surface area contributed by atoms with Crippen LogP contribution in [0.2, 0.25) is 0 Å². The van der Waals surface area contributed by atoms with Crippen molar-refractivity contribution in [2.45, 2.75) is 0 Å². The second-order valence-corrected chi connectivity index (χ2v) is 2.61. The Morgan fingerprint density at radius 3 is 3.00 bits per heavy atom. The fraction of sp³-hybridized carbons (Fsp3) is 0. The van der Waals surface area contributed by atoms with E-state index in [4.69, 9.17) is 5.26 Å². The summed E-state index contributed by atoms with van der Waals surface area (Å²) >= 11 is 0. The number of aromatic nitrogens is 1. The topological polar surface area (TPSA) is 48.7 Å². The van der Waals surface area contributed by atoms with Crippen LogP contribution in [-0.4, -0.2) is 4.98 Å². The van der Waals surface area contributed by atoms with Crippen LogP contribution in [0.5, 0.6) is 0 Å². The van der Waals surface area contributed by atoms with Crippen molar-refractivity contribution in [3.63, 3.8) is 0 Å². The number of hydrogen-bond donors (Lipinski definition) is 1. The molecule has 3 nitrogen and oxygen atoms in total. The van der Waals surface area contributed by atoms with E-state index in [1.807, 2.05) is 36.5 Å². The molecule has 0 aliphatic rings.